The van der Waals surface area contributed by atoms with Crippen molar-refractivity contribution in [1.82, 2.24) is 14.9 Å². The van der Waals surface area contributed by atoms with Crippen LogP contribution in [0.15, 0.2) is 6.07 Å². The first-order valence-electron chi connectivity index (χ1n) is 7.20. The molecule has 1 unspecified atom stereocenters. The van der Waals surface area contributed by atoms with Gasteiger partial charge in [0, 0.05) is 18.0 Å². The maximum absolute atomic E-state index is 5.84. The third kappa shape index (κ3) is 3.15. The largest absolute Gasteiger partial charge is 0.476 e. The molecule has 2 aliphatic rings. The van der Waals surface area contributed by atoms with Crippen LogP contribution in [0, 0.1) is 0 Å². The van der Waals surface area contributed by atoms with Crippen molar-refractivity contribution in [3.63, 3.8) is 0 Å². The van der Waals surface area contributed by atoms with Gasteiger partial charge in [0.25, 0.3) is 0 Å². The Kier molecular flexibility index (Phi) is 3.55. The number of piperidine rings is 1. The van der Waals surface area contributed by atoms with E-state index in [2.05, 4.69) is 21.9 Å². The minimum Gasteiger partial charge on any atom is -0.476 e. The number of anilines is 1. The van der Waals surface area contributed by atoms with Gasteiger partial charge in [0.2, 0.25) is 5.88 Å². The van der Waals surface area contributed by atoms with E-state index in [1.54, 1.807) is 6.07 Å². The molecule has 1 atom stereocenters. The number of rotatable bonds is 4. The number of likely N-dealkylation sites (tertiary alicyclic amines) is 1. The van der Waals surface area contributed by atoms with E-state index in [1.807, 2.05) is 0 Å². The predicted octanol–water partition coefficient (Wildman–Crippen LogP) is 1.80. The molecule has 0 amide bonds. The Morgan fingerprint density at radius 2 is 2.16 bits per heavy atom. The number of likely N-dealkylation sites (N-methyl/N-ethyl adjacent to an activating group) is 1. The molecule has 1 saturated heterocycles. The lowest BCUT2D eigenvalue weighted by molar-refractivity contribution is 0.122. The average molecular weight is 262 g/mol. The Hall–Kier alpha value is -1.36. The number of nitrogen functional groups attached to an aromatic ring is 1. The molecule has 1 aromatic heterocycles. The van der Waals surface area contributed by atoms with Gasteiger partial charge in [-0.25, -0.2) is 4.98 Å². The van der Waals surface area contributed by atoms with Crippen LogP contribution >= 0.6 is 0 Å². The van der Waals surface area contributed by atoms with Crippen LogP contribution in [0.1, 0.15) is 43.8 Å². The molecule has 19 heavy (non-hydrogen) atoms. The predicted molar refractivity (Wildman–Crippen MR) is 74.2 cm³/mol. The molecule has 0 radical (unpaired) electrons. The van der Waals surface area contributed by atoms with Gasteiger partial charge in [0.05, 0.1) is 0 Å². The number of nitrogens with two attached hydrogens (primary N) is 1. The summed E-state index contributed by atoms with van der Waals surface area (Å²) in [6, 6.07) is 2.23. The summed E-state index contributed by atoms with van der Waals surface area (Å²) in [5.41, 5.74) is 5.82. The molecule has 0 bridgehead atoms. The molecule has 3 rings (SSSR count). The SMILES string of the molecule is CN1CCCCC1COc1cc(N)nc(C2CC2)n1. The van der Waals surface area contributed by atoms with Crippen molar-refractivity contribution in [3.8, 4) is 5.88 Å². The fourth-order valence-corrected chi connectivity index (χ4v) is 2.60. The monoisotopic (exact) mass is 262 g/mol. The quantitative estimate of drug-likeness (QED) is 0.896. The Labute approximate surface area is 114 Å². The van der Waals surface area contributed by atoms with Gasteiger partial charge in [0.1, 0.15) is 18.2 Å². The van der Waals surface area contributed by atoms with E-state index in [0.717, 1.165) is 12.4 Å². The smallest absolute Gasteiger partial charge is 0.218 e. The van der Waals surface area contributed by atoms with Gasteiger partial charge in [-0.05, 0) is 39.3 Å². The first-order chi connectivity index (χ1) is 9.22. The Morgan fingerprint density at radius 3 is 2.89 bits per heavy atom. The fourth-order valence-electron chi connectivity index (χ4n) is 2.60. The lowest BCUT2D eigenvalue weighted by atomic mass is 10.0. The van der Waals surface area contributed by atoms with Crippen LogP contribution in [0.25, 0.3) is 0 Å². The van der Waals surface area contributed by atoms with Crippen LogP contribution in [0.5, 0.6) is 5.88 Å². The first-order valence-corrected chi connectivity index (χ1v) is 7.20. The van der Waals surface area contributed by atoms with E-state index in [0.29, 0.717) is 30.3 Å². The standard InChI is InChI=1S/C14H22N4O/c1-18-7-3-2-4-11(18)9-19-13-8-12(15)16-14(17-13)10-5-6-10/h8,10-11H,2-7,9H2,1H3,(H2,15,16,17). The third-order valence-electron chi connectivity index (χ3n) is 4.03. The van der Waals surface area contributed by atoms with Gasteiger partial charge in [-0.2, -0.15) is 4.98 Å². The van der Waals surface area contributed by atoms with E-state index in [4.69, 9.17) is 10.5 Å². The number of aromatic nitrogens is 2. The summed E-state index contributed by atoms with van der Waals surface area (Å²) in [6.45, 7) is 1.85. The summed E-state index contributed by atoms with van der Waals surface area (Å²) in [7, 11) is 2.16. The highest BCUT2D eigenvalue weighted by Crippen LogP contribution is 2.38. The lowest BCUT2D eigenvalue weighted by Crippen LogP contribution is -2.40. The molecule has 1 aliphatic carbocycles. The van der Waals surface area contributed by atoms with Crippen LogP contribution < -0.4 is 10.5 Å². The minimum atomic E-state index is 0.495. The van der Waals surface area contributed by atoms with Crippen LogP contribution in [-0.2, 0) is 0 Å². The third-order valence-corrected chi connectivity index (χ3v) is 4.03. The topological polar surface area (TPSA) is 64.3 Å². The number of ether oxygens (including phenoxy) is 1. The highest BCUT2D eigenvalue weighted by molar-refractivity contribution is 5.34. The zero-order chi connectivity index (χ0) is 13.2. The van der Waals surface area contributed by atoms with Gasteiger partial charge in [-0.15, -0.1) is 0 Å². The van der Waals surface area contributed by atoms with Crippen molar-refractivity contribution in [1.29, 1.82) is 0 Å². The lowest BCUT2D eigenvalue weighted by Gasteiger charge is -2.31. The van der Waals surface area contributed by atoms with Crippen molar-refractivity contribution in [2.24, 2.45) is 0 Å². The molecular weight excluding hydrogens is 240 g/mol. The van der Waals surface area contributed by atoms with E-state index in [-0.39, 0.29) is 0 Å². The van der Waals surface area contributed by atoms with Crippen molar-refractivity contribution < 1.29 is 4.74 Å². The van der Waals surface area contributed by atoms with E-state index < -0.39 is 0 Å². The molecular formula is C14H22N4O. The van der Waals surface area contributed by atoms with Gasteiger partial charge in [-0.1, -0.05) is 6.42 Å². The number of hydrogen-bond acceptors (Lipinski definition) is 5. The van der Waals surface area contributed by atoms with Gasteiger partial charge < -0.3 is 15.4 Å². The van der Waals surface area contributed by atoms with Crippen LogP contribution in [-0.4, -0.2) is 41.1 Å². The molecule has 2 fully saturated rings. The molecule has 104 valence electrons. The summed E-state index contributed by atoms with van der Waals surface area (Å²) in [4.78, 5) is 11.1. The molecule has 2 heterocycles. The minimum absolute atomic E-state index is 0.495. The van der Waals surface area contributed by atoms with Crippen molar-refractivity contribution in [3.05, 3.63) is 11.9 Å². The second kappa shape index (κ2) is 5.33. The highest BCUT2D eigenvalue weighted by atomic mass is 16.5. The second-order valence-electron chi connectivity index (χ2n) is 5.70. The maximum atomic E-state index is 5.84. The van der Waals surface area contributed by atoms with Crippen molar-refractivity contribution in [2.75, 3.05) is 25.9 Å². The van der Waals surface area contributed by atoms with Crippen LogP contribution in [0.4, 0.5) is 5.82 Å². The molecule has 2 N–H and O–H groups in total. The van der Waals surface area contributed by atoms with E-state index in [1.165, 1.54) is 32.1 Å². The molecule has 1 aromatic rings. The Bertz CT molecular complexity index is 447. The zero-order valence-corrected chi connectivity index (χ0v) is 11.5. The zero-order valence-electron chi connectivity index (χ0n) is 11.5. The van der Waals surface area contributed by atoms with Crippen molar-refractivity contribution >= 4 is 5.82 Å². The Morgan fingerprint density at radius 1 is 1.32 bits per heavy atom. The van der Waals surface area contributed by atoms with Gasteiger partial charge >= 0.3 is 0 Å². The average Bonchev–Trinajstić information content (AvgIpc) is 3.21. The van der Waals surface area contributed by atoms with Gasteiger partial charge in [0.15, 0.2) is 0 Å². The van der Waals surface area contributed by atoms with Gasteiger partial charge in [-0.3, -0.25) is 0 Å². The maximum Gasteiger partial charge on any atom is 0.218 e. The summed E-state index contributed by atoms with van der Waals surface area (Å²) in [5, 5.41) is 0. The number of nitrogens with zero attached hydrogens (tertiary/aromatic N) is 3. The Balaban J connectivity index is 1.62. The molecule has 1 aliphatic heterocycles. The van der Waals surface area contributed by atoms with Crippen LogP contribution in [0.2, 0.25) is 0 Å². The number of hydrogen-bond donors (Lipinski definition) is 1. The second-order valence-corrected chi connectivity index (χ2v) is 5.70. The summed E-state index contributed by atoms with van der Waals surface area (Å²) in [6.07, 6.45) is 6.13. The van der Waals surface area contributed by atoms with E-state index >= 15 is 0 Å². The van der Waals surface area contributed by atoms with E-state index in [9.17, 15) is 0 Å². The summed E-state index contributed by atoms with van der Waals surface area (Å²) < 4.78 is 5.84. The summed E-state index contributed by atoms with van der Waals surface area (Å²) >= 11 is 0. The molecule has 0 aromatic carbocycles. The van der Waals surface area contributed by atoms with Crippen LogP contribution in [0.3, 0.4) is 0 Å². The summed E-state index contributed by atoms with van der Waals surface area (Å²) in [5.74, 6) is 2.51. The van der Waals surface area contributed by atoms with Crippen molar-refractivity contribution in [2.45, 2.75) is 44.1 Å². The molecule has 1 saturated carbocycles. The molecule has 5 heteroatoms. The fraction of sp³-hybridized carbons (Fsp3) is 0.714. The first kappa shape index (κ1) is 12.7. The molecule has 5 nitrogen and oxygen atoms in total. The normalized spacial score (nSPS) is 24.4. The highest BCUT2D eigenvalue weighted by Gasteiger charge is 2.27. The molecule has 0 spiro atoms.